The molecule has 0 unspecified atom stereocenters. The Labute approximate surface area is 183 Å². The van der Waals surface area contributed by atoms with E-state index in [1.165, 1.54) is 4.31 Å². The minimum absolute atomic E-state index is 0.0590. The third-order valence-electron chi connectivity index (χ3n) is 5.67. The molecule has 7 nitrogen and oxygen atoms in total. The molecule has 0 saturated carbocycles. The minimum Gasteiger partial charge on any atom is -0.487 e. The van der Waals surface area contributed by atoms with Crippen LogP contribution < -0.4 is 19.1 Å². The standard InChI is InChI=1S/C23H28N2O5S/c1-5-31(27,28)25-14-21(29-20-9-7-6-8-18(20)25)22(26)24-17-13-23(3,4)30-19-11-10-15(2)12-16(17)19/h6-12,17,21H,5,13-14H2,1-4H3,(H,24,26)/t17-,21-/m1/s1. The molecule has 2 heterocycles. The fourth-order valence-electron chi connectivity index (χ4n) is 4.13. The van der Waals surface area contributed by atoms with E-state index < -0.39 is 21.7 Å². The summed E-state index contributed by atoms with van der Waals surface area (Å²) in [6, 6.07) is 12.5. The van der Waals surface area contributed by atoms with Gasteiger partial charge in [0, 0.05) is 12.0 Å². The molecule has 0 aliphatic carbocycles. The Balaban J connectivity index is 1.62. The zero-order valence-corrected chi connectivity index (χ0v) is 19.0. The van der Waals surface area contributed by atoms with Crippen molar-refractivity contribution in [1.82, 2.24) is 5.32 Å². The lowest BCUT2D eigenvalue weighted by Gasteiger charge is -2.39. The van der Waals surface area contributed by atoms with Gasteiger partial charge in [-0.3, -0.25) is 9.10 Å². The number of hydrogen-bond donors (Lipinski definition) is 1. The van der Waals surface area contributed by atoms with E-state index in [1.54, 1.807) is 31.2 Å². The Morgan fingerprint density at radius 2 is 1.94 bits per heavy atom. The molecule has 2 aromatic rings. The number of amides is 1. The van der Waals surface area contributed by atoms with Crippen LogP contribution in [0.15, 0.2) is 42.5 Å². The van der Waals surface area contributed by atoms with Crippen LogP contribution in [0.2, 0.25) is 0 Å². The van der Waals surface area contributed by atoms with Gasteiger partial charge >= 0.3 is 0 Å². The summed E-state index contributed by atoms with van der Waals surface area (Å²) in [5.41, 5.74) is 2.01. The highest BCUT2D eigenvalue weighted by Gasteiger charge is 2.39. The second kappa shape index (κ2) is 7.75. The van der Waals surface area contributed by atoms with Crippen molar-refractivity contribution in [3.63, 3.8) is 0 Å². The van der Waals surface area contributed by atoms with Gasteiger partial charge in [-0.05, 0) is 45.9 Å². The van der Waals surface area contributed by atoms with E-state index in [1.807, 2.05) is 39.0 Å². The average Bonchev–Trinajstić information content (AvgIpc) is 2.72. The van der Waals surface area contributed by atoms with Crippen molar-refractivity contribution in [2.75, 3.05) is 16.6 Å². The second-order valence-electron chi connectivity index (χ2n) is 8.67. The molecule has 0 aromatic heterocycles. The highest BCUT2D eigenvalue weighted by molar-refractivity contribution is 7.92. The summed E-state index contributed by atoms with van der Waals surface area (Å²) in [7, 11) is -3.55. The van der Waals surface area contributed by atoms with E-state index in [0.717, 1.165) is 16.9 Å². The first-order valence-electron chi connectivity index (χ1n) is 10.5. The topological polar surface area (TPSA) is 84.9 Å². The van der Waals surface area contributed by atoms with Crippen LogP contribution in [0.1, 0.15) is 44.4 Å². The summed E-state index contributed by atoms with van der Waals surface area (Å²) in [5.74, 6) is 0.726. The number of rotatable bonds is 4. The predicted molar refractivity (Wildman–Crippen MR) is 119 cm³/mol. The largest absolute Gasteiger partial charge is 0.487 e. The fourth-order valence-corrected chi connectivity index (χ4v) is 5.25. The quantitative estimate of drug-likeness (QED) is 0.782. The van der Waals surface area contributed by atoms with Gasteiger partial charge < -0.3 is 14.8 Å². The number of sulfonamides is 1. The number of aryl methyl sites for hydroxylation is 1. The first-order chi connectivity index (χ1) is 14.6. The lowest BCUT2D eigenvalue weighted by molar-refractivity contribution is -0.129. The molecule has 0 fully saturated rings. The third-order valence-corrected chi connectivity index (χ3v) is 7.41. The molecule has 2 atom stereocenters. The molecular weight excluding hydrogens is 416 g/mol. The van der Waals surface area contributed by atoms with Gasteiger partial charge in [0.15, 0.2) is 6.10 Å². The van der Waals surface area contributed by atoms with Crippen molar-refractivity contribution < 1.29 is 22.7 Å². The zero-order valence-electron chi connectivity index (χ0n) is 18.2. The number of anilines is 1. The first kappa shape index (κ1) is 21.5. The van der Waals surface area contributed by atoms with Gasteiger partial charge in [-0.1, -0.05) is 29.8 Å². The monoisotopic (exact) mass is 444 g/mol. The number of carbonyl (C=O) groups is 1. The van der Waals surface area contributed by atoms with Gasteiger partial charge in [-0.2, -0.15) is 0 Å². The molecule has 31 heavy (non-hydrogen) atoms. The molecule has 2 aromatic carbocycles. The Morgan fingerprint density at radius 3 is 2.68 bits per heavy atom. The number of nitrogens with zero attached hydrogens (tertiary/aromatic N) is 1. The summed E-state index contributed by atoms with van der Waals surface area (Å²) in [4.78, 5) is 13.2. The predicted octanol–water partition coefficient (Wildman–Crippen LogP) is 3.33. The Kier molecular flexibility index (Phi) is 5.37. The molecule has 2 aliphatic heterocycles. The minimum atomic E-state index is -3.55. The Morgan fingerprint density at radius 1 is 1.19 bits per heavy atom. The van der Waals surface area contributed by atoms with Gasteiger partial charge in [0.1, 0.15) is 17.1 Å². The van der Waals surface area contributed by atoms with Gasteiger partial charge in [-0.15, -0.1) is 0 Å². The molecule has 2 aliphatic rings. The average molecular weight is 445 g/mol. The molecule has 8 heteroatoms. The lowest BCUT2D eigenvalue weighted by atomic mass is 9.89. The van der Waals surface area contributed by atoms with Crippen molar-refractivity contribution in [3.8, 4) is 11.5 Å². The summed E-state index contributed by atoms with van der Waals surface area (Å²) in [6.07, 6.45) is -0.356. The number of benzene rings is 2. The molecule has 0 bridgehead atoms. The summed E-state index contributed by atoms with van der Waals surface area (Å²) in [5, 5.41) is 3.08. The van der Waals surface area contributed by atoms with E-state index in [-0.39, 0.29) is 24.2 Å². The fraction of sp³-hybridized carbons (Fsp3) is 0.435. The smallest absolute Gasteiger partial charge is 0.263 e. The SMILES string of the molecule is CCS(=O)(=O)N1C[C@H](C(=O)N[C@@H]2CC(C)(C)Oc3ccc(C)cc32)Oc2ccccc21. The van der Waals surface area contributed by atoms with Gasteiger partial charge in [-0.25, -0.2) is 8.42 Å². The summed E-state index contributed by atoms with van der Waals surface area (Å²) in [6.45, 7) is 7.49. The highest BCUT2D eigenvalue weighted by Crippen LogP contribution is 2.40. The van der Waals surface area contributed by atoms with Crippen molar-refractivity contribution in [3.05, 3.63) is 53.6 Å². The number of nitrogens with one attached hydrogen (secondary N) is 1. The van der Waals surface area contributed by atoms with Crippen molar-refractivity contribution in [2.24, 2.45) is 0 Å². The Bertz CT molecular complexity index is 1110. The number of para-hydroxylation sites is 2. The van der Waals surface area contributed by atoms with Crippen LogP contribution in [0.5, 0.6) is 11.5 Å². The normalized spacial score (nSPS) is 21.9. The molecule has 0 spiro atoms. The third kappa shape index (κ3) is 4.21. The van der Waals surface area contributed by atoms with Gasteiger partial charge in [0.25, 0.3) is 5.91 Å². The molecule has 4 rings (SSSR count). The molecular formula is C23H28N2O5S. The summed E-state index contributed by atoms with van der Waals surface area (Å²) < 4.78 is 38.7. The van der Waals surface area contributed by atoms with Crippen LogP contribution in [-0.2, 0) is 14.8 Å². The van der Waals surface area contributed by atoms with Crippen LogP contribution in [0.4, 0.5) is 5.69 Å². The number of ether oxygens (including phenoxy) is 2. The van der Waals surface area contributed by atoms with Crippen molar-refractivity contribution in [1.29, 1.82) is 0 Å². The van der Waals surface area contributed by atoms with E-state index in [0.29, 0.717) is 17.9 Å². The number of carbonyl (C=O) groups excluding carboxylic acids is 1. The van der Waals surface area contributed by atoms with E-state index >= 15 is 0 Å². The van der Waals surface area contributed by atoms with Crippen LogP contribution in [-0.4, -0.2) is 38.3 Å². The van der Waals surface area contributed by atoms with E-state index in [2.05, 4.69) is 5.32 Å². The van der Waals surface area contributed by atoms with Crippen molar-refractivity contribution in [2.45, 2.75) is 51.9 Å². The van der Waals surface area contributed by atoms with Crippen LogP contribution >= 0.6 is 0 Å². The summed E-state index contributed by atoms with van der Waals surface area (Å²) >= 11 is 0. The van der Waals surface area contributed by atoms with Crippen LogP contribution in [0, 0.1) is 6.92 Å². The molecule has 1 N–H and O–H groups in total. The van der Waals surface area contributed by atoms with Gasteiger partial charge in [0.2, 0.25) is 10.0 Å². The van der Waals surface area contributed by atoms with Crippen LogP contribution in [0.25, 0.3) is 0 Å². The lowest BCUT2D eigenvalue weighted by Crippen LogP contribution is -2.52. The maximum absolute atomic E-state index is 13.2. The maximum Gasteiger partial charge on any atom is 0.263 e. The molecule has 0 saturated heterocycles. The second-order valence-corrected chi connectivity index (χ2v) is 10.9. The van der Waals surface area contributed by atoms with Gasteiger partial charge in [0.05, 0.1) is 24.0 Å². The Hall–Kier alpha value is -2.74. The first-order valence-corrected chi connectivity index (χ1v) is 12.1. The molecule has 0 radical (unpaired) electrons. The number of hydrogen-bond acceptors (Lipinski definition) is 5. The zero-order chi connectivity index (χ0) is 22.4. The van der Waals surface area contributed by atoms with Crippen molar-refractivity contribution >= 4 is 21.6 Å². The molecule has 1 amide bonds. The van der Waals surface area contributed by atoms with E-state index in [4.69, 9.17) is 9.47 Å². The van der Waals surface area contributed by atoms with E-state index in [9.17, 15) is 13.2 Å². The number of fused-ring (bicyclic) bond motifs is 2. The van der Waals surface area contributed by atoms with Crippen LogP contribution in [0.3, 0.4) is 0 Å². The maximum atomic E-state index is 13.2. The highest BCUT2D eigenvalue weighted by atomic mass is 32.2. The molecule has 166 valence electrons.